The highest BCUT2D eigenvalue weighted by molar-refractivity contribution is 6.29. The number of hydrogen-bond acceptors (Lipinski definition) is 4. The van der Waals surface area contributed by atoms with Crippen LogP contribution in [0.3, 0.4) is 0 Å². The average Bonchev–Trinajstić information content (AvgIpc) is 2.88. The summed E-state index contributed by atoms with van der Waals surface area (Å²) in [7, 11) is 1.73. The molecule has 2 aromatic rings. The van der Waals surface area contributed by atoms with Gasteiger partial charge in [0.2, 0.25) is 0 Å². The number of nitrogens with one attached hydrogen (secondary N) is 3. The van der Waals surface area contributed by atoms with Gasteiger partial charge in [-0.1, -0.05) is 11.6 Å². The van der Waals surface area contributed by atoms with Crippen molar-refractivity contribution in [2.75, 3.05) is 18.9 Å². The highest BCUT2D eigenvalue weighted by Gasteiger charge is 2.08. The largest absolute Gasteiger partial charge is 0.373 e. The van der Waals surface area contributed by atoms with Crippen molar-refractivity contribution >= 4 is 23.3 Å². The zero-order valence-electron chi connectivity index (χ0n) is 12.0. The zero-order valence-corrected chi connectivity index (χ0v) is 12.8. The number of amides is 1. The molecule has 112 valence electrons. The summed E-state index contributed by atoms with van der Waals surface area (Å²) >= 11 is 5.88. The lowest BCUT2D eigenvalue weighted by Gasteiger charge is -2.07. The molecule has 0 saturated carbocycles. The van der Waals surface area contributed by atoms with Gasteiger partial charge in [0.15, 0.2) is 0 Å². The number of aromatic amines is 1. The molecule has 0 aliphatic heterocycles. The predicted molar refractivity (Wildman–Crippen MR) is 82.8 cm³/mol. The van der Waals surface area contributed by atoms with Gasteiger partial charge in [0, 0.05) is 24.8 Å². The van der Waals surface area contributed by atoms with Crippen LogP contribution in [0.25, 0.3) is 0 Å². The molecule has 2 heterocycles. The summed E-state index contributed by atoms with van der Waals surface area (Å²) in [6.45, 7) is 2.58. The van der Waals surface area contributed by atoms with Gasteiger partial charge in [-0.3, -0.25) is 9.89 Å². The van der Waals surface area contributed by atoms with Crippen LogP contribution in [-0.2, 0) is 6.42 Å². The van der Waals surface area contributed by atoms with Crippen LogP contribution in [0.5, 0.6) is 0 Å². The molecule has 7 heteroatoms. The van der Waals surface area contributed by atoms with Crippen LogP contribution in [-0.4, -0.2) is 34.7 Å². The third-order valence-corrected chi connectivity index (χ3v) is 3.35. The Morgan fingerprint density at radius 3 is 2.90 bits per heavy atom. The van der Waals surface area contributed by atoms with E-state index in [2.05, 4.69) is 25.8 Å². The maximum atomic E-state index is 12.0. The molecule has 0 bridgehead atoms. The first kappa shape index (κ1) is 15.3. The van der Waals surface area contributed by atoms with Crippen LogP contribution in [0.1, 0.15) is 28.0 Å². The van der Waals surface area contributed by atoms with Crippen molar-refractivity contribution in [1.82, 2.24) is 20.5 Å². The number of aryl methyl sites for hydroxylation is 2. The Kier molecular flexibility index (Phi) is 5.16. The molecule has 0 radical (unpaired) electrons. The quantitative estimate of drug-likeness (QED) is 0.564. The van der Waals surface area contributed by atoms with E-state index in [1.807, 2.05) is 13.1 Å². The molecule has 1 amide bonds. The first-order valence-electron chi connectivity index (χ1n) is 6.72. The summed E-state index contributed by atoms with van der Waals surface area (Å²) in [5.41, 5.74) is 2.74. The Balaban J connectivity index is 1.84. The zero-order chi connectivity index (χ0) is 15.2. The third-order valence-electron chi connectivity index (χ3n) is 3.16. The van der Waals surface area contributed by atoms with E-state index < -0.39 is 0 Å². The molecule has 6 nitrogen and oxygen atoms in total. The van der Waals surface area contributed by atoms with Gasteiger partial charge in [-0.05, 0) is 37.5 Å². The number of rotatable bonds is 6. The van der Waals surface area contributed by atoms with Gasteiger partial charge in [0.25, 0.3) is 5.91 Å². The van der Waals surface area contributed by atoms with E-state index in [1.165, 1.54) is 5.56 Å². The maximum Gasteiger partial charge on any atom is 0.251 e. The number of H-pyrrole nitrogens is 1. The van der Waals surface area contributed by atoms with Gasteiger partial charge in [0.05, 0.1) is 6.20 Å². The van der Waals surface area contributed by atoms with E-state index in [1.54, 1.807) is 19.2 Å². The lowest BCUT2D eigenvalue weighted by atomic mass is 10.1. The molecule has 0 unspecified atom stereocenters. The van der Waals surface area contributed by atoms with Gasteiger partial charge in [-0.25, -0.2) is 4.98 Å². The minimum atomic E-state index is -0.153. The lowest BCUT2D eigenvalue weighted by Crippen LogP contribution is -2.25. The van der Waals surface area contributed by atoms with Crippen LogP contribution in [0.15, 0.2) is 18.3 Å². The van der Waals surface area contributed by atoms with E-state index in [0.717, 1.165) is 18.5 Å². The smallest absolute Gasteiger partial charge is 0.251 e. The Bertz CT molecular complexity index is 626. The normalized spacial score (nSPS) is 10.4. The summed E-state index contributed by atoms with van der Waals surface area (Å²) in [6.07, 6.45) is 3.55. The molecule has 0 aromatic carbocycles. The maximum absolute atomic E-state index is 12.0. The fourth-order valence-electron chi connectivity index (χ4n) is 1.97. The molecule has 0 spiro atoms. The Labute approximate surface area is 128 Å². The van der Waals surface area contributed by atoms with Gasteiger partial charge in [0.1, 0.15) is 11.0 Å². The highest BCUT2D eigenvalue weighted by Crippen LogP contribution is 2.14. The van der Waals surface area contributed by atoms with Crippen LogP contribution < -0.4 is 10.6 Å². The van der Waals surface area contributed by atoms with Crippen molar-refractivity contribution in [3.8, 4) is 0 Å². The van der Waals surface area contributed by atoms with Crippen molar-refractivity contribution in [2.24, 2.45) is 0 Å². The second kappa shape index (κ2) is 7.08. The number of anilines is 1. The molecule has 0 fully saturated rings. The van der Waals surface area contributed by atoms with Gasteiger partial charge in [-0.15, -0.1) is 0 Å². The third kappa shape index (κ3) is 4.19. The Morgan fingerprint density at radius 1 is 1.43 bits per heavy atom. The summed E-state index contributed by atoms with van der Waals surface area (Å²) < 4.78 is 0. The van der Waals surface area contributed by atoms with Crippen LogP contribution >= 0.6 is 11.6 Å². The Hall–Kier alpha value is -2.08. The van der Waals surface area contributed by atoms with E-state index in [9.17, 15) is 4.79 Å². The second-order valence-electron chi connectivity index (χ2n) is 4.69. The molecule has 0 aliphatic rings. The van der Waals surface area contributed by atoms with Crippen molar-refractivity contribution in [3.63, 3.8) is 0 Å². The molecular formula is C14H18ClN5O. The first-order chi connectivity index (χ1) is 10.1. The fraction of sp³-hybridized carbons (Fsp3) is 0.357. The number of hydrogen-bond donors (Lipinski definition) is 3. The predicted octanol–water partition coefficient (Wildman–Crippen LogP) is 2.17. The molecule has 2 aromatic heterocycles. The number of aromatic nitrogens is 3. The molecule has 21 heavy (non-hydrogen) atoms. The van der Waals surface area contributed by atoms with E-state index in [4.69, 9.17) is 11.6 Å². The van der Waals surface area contributed by atoms with Crippen LogP contribution in [0.2, 0.25) is 5.15 Å². The number of nitrogens with zero attached hydrogens (tertiary/aromatic N) is 2. The van der Waals surface area contributed by atoms with Gasteiger partial charge < -0.3 is 10.6 Å². The number of halogens is 1. The number of pyridine rings is 1. The highest BCUT2D eigenvalue weighted by atomic mass is 35.5. The summed E-state index contributed by atoms with van der Waals surface area (Å²) in [4.78, 5) is 16.1. The van der Waals surface area contributed by atoms with Gasteiger partial charge in [-0.2, -0.15) is 5.10 Å². The van der Waals surface area contributed by atoms with Crippen molar-refractivity contribution in [3.05, 3.63) is 40.3 Å². The molecule has 2 rings (SSSR count). The second-order valence-corrected chi connectivity index (χ2v) is 5.08. The van der Waals surface area contributed by atoms with Crippen molar-refractivity contribution in [1.29, 1.82) is 0 Å². The monoisotopic (exact) mass is 307 g/mol. The molecule has 0 saturated heterocycles. The van der Waals surface area contributed by atoms with Gasteiger partial charge >= 0.3 is 0 Å². The molecule has 0 aliphatic carbocycles. The minimum absolute atomic E-state index is 0.153. The first-order valence-corrected chi connectivity index (χ1v) is 7.10. The number of carbonyl (C=O) groups is 1. The Morgan fingerprint density at radius 2 is 2.24 bits per heavy atom. The van der Waals surface area contributed by atoms with Crippen molar-refractivity contribution in [2.45, 2.75) is 19.8 Å². The topological polar surface area (TPSA) is 82.7 Å². The van der Waals surface area contributed by atoms with E-state index in [-0.39, 0.29) is 5.91 Å². The summed E-state index contributed by atoms with van der Waals surface area (Å²) in [6, 6.07) is 3.22. The fourth-order valence-corrected chi connectivity index (χ4v) is 2.18. The molecule has 3 N–H and O–H groups in total. The van der Waals surface area contributed by atoms with Crippen molar-refractivity contribution < 1.29 is 4.79 Å². The summed E-state index contributed by atoms with van der Waals surface area (Å²) in [5.74, 6) is 0.418. The minimum Gasteiger partial charge on any atom is -0.373 e. The summed E-state index contributed by atoms with van der Waals surface area (Å²) in [5, 5.41) is 12.9. The molecule has 0 atom stereocenters. The van der Waals surface area contributed by atoms with E-state index in [0.29, 0.717) is 23.1 Å². The van der Waals surface area contributed by atoms with Crippen LogP contribution in [0, 0.1) is 6.92 Å². The lowest BCUT2D eigenvalue weighted by molar-refractivity contribution is 0.0953. The SMILES string of the molecule is CNc1cc(C(=O)NCCCc2cn[nH]c2C)cc(Cl)n1. The van der Waals surface area contributed by atoms with Crippen LogP contribution in [0.4, 0.5) is 5.82 Å². The molecular weight excluding hydrogens is 290 g/mol. The average molecular weight is 308 g/mol. The standard InChI is InChI=1S/C14H18ClN5O/c1-9-10(8-18-20-9)4-3-5-17-14(21)11-6-12(15)19-13(7-11)16-2/h6-8H,3-5H2,1-2H3,(H,16,19)(H,17,21)(H,18,20). The van der Waals surface area contributed by atoms with E-state index >= 15 is 0 Å². The number of carbonyl (C=O) groups excluding carboxylic acids is 1.